The SMILES string of the molecule is CC1=[C-]C(C)C(C)=C1C.Cc1cc2cc[cH-]c2cc1C.[Cl][Zr+2][Cl]. The standard InChI is InChI=1S/C11H11.C9H13.2ClH.Zr/c1-8-6-10-4-3-5-11(10)7-9(8)2;1-6-5-7(2)9(4)8(6)3;;;/h3-7H,1-2H3;6H,1-4H3;2*1H;/q2*-1;;;+4/p-2. The quantitative estimate of drug-likeness (QED) is 0.389. The molecule has 23 heavy (non-hydrogen) atoms. The molecule has 0 aromatic heterocycles. The Morgan fingerprint density at radius 3 is 2.04 bits per heavy atom. The van der Waals surface area contributed by atoms with Crippen LogP contribution < -0.4 is 0 Å². The zero-order chi connectivity index (χ0) is 17.6. The topological polar surface area (TPSA) is 0 Å². The predicted octanol–water partition coefficient (Wildman–Crippen LogP) is 7.27. The molecule has 2 aromatic carbocycles. The van der Waals surface area contributed by atoms with Gasteiger partial charge in [0.15, 0.2) is 0 Å². The molecule has 0 N–H and O–H groups in total. The van der Waals surface area contributed by atoms with Crippen molar-refractivity contribution in [3.05, 3.63) is 64.3 Å². The maximum atomic E-state index is 4.93. The molecule has 122 valence electrons. The van der Waals surface area contributed by atoms with Crippen LogP contribution >= 0.6 is 17.0 Å². The van der Waals surface area contributed by atoms with Crippen molar-refractivity contribution >= 4 is 27.8 Å². The van der Waals surface area contributed by atoms with E-state index in [1.54, 1.807) is 0 Å². The van der Waals surface area contributed by atoms with Crippen molar-refractivity contribution in [1.82, 2.24) is 0 Å². The Balaban J connectivity index is 0.000000200. The van der Waals surface area contributed by atoms with Crippen LogP contribution in [0.15, 0.2) is 47.1 Å². The Hall–Kier alpha value is -0.227. The molecule has 1 aliphatic carbocycles. The van der Waals surface area contributed by atoms with Crippen LogP contribution in [0.25, 0.3) is 10.8 Å². The summed E-state index contributed by atoms with van der Waals surface area (Å²) in [7, 11) is 9.87. The van der Waals surface area contributed by atoms with Gasteiger partial charge in [-0.1, -0.05) is 37.8 Å². The first-order chi connectivity index (χ1) is 10.8. The van der Waals surface area contributed by atoms with E-state index in [0.717, 1.165) is 0 Å². The molecular weight excluding hydrogens is 402 g/mol. The molecule has 1 aliphatic rings. The minimum atomic E-state index is -0.826. The Bertz CT molecular complexity index is 672. The van der Waals surface area contributed by atoms with Gasteiger partial charge in [-0.25, -0.2) is 5.57 Å². The van der Waals surface area contributed by atoms with Gasteiger partial charge < -0.3 is 0 Å². The van der Waals surface area contributed by atoms with E-state index in [1.165, 1.54) is 38.6 Å². The van der Waals surface area contributed by atoms with Crippen LogP contribution in [-0.2, 0) is 20.8 Å². The summed E-state index contributed by atoms with van der Waals surface area (Å²) in [6.45, 7) is 13.0. The van der Waals surface area contributed by atoms with Gasteiger partial charge in [-0.3, -0.25) is 6.08 Å². The Morgan fingerprint density at radius 1 is 1.04 bits per heavy atom. The molecular formula is C20H24Cl2Zr. The Morgan fingerprint density at radius 2 is 1.61 bits per heavy atom. The molecule has 1 unspecified atom stereocenters. The minimum absolute atomic E-state index is 0.560. The van der Waals surface area contributed by atoms with Crippen molar-refractivity contribution in [3.63, 3.8) is 0 Å². The average molecular weight is 427 g/mol. The van der Waals surface area contributed by atoms with E-state index < -0.39 is 20.8 Å². The monoisotopic (exact) mass is 424 g/mol. The van der Waals surface area contributed by atoms with Crippen molar-refractivity contribution in [3.8, 4) is 0 Å². The molecule has 0 bridgehead atoms. The summed E-state index contributed by atoms with van der Waals surface area (Å²) in [4.78, 5) is 0. The summed E-state index contributed by atoms with van der Waals surface area (Å²) in [6, 6.07) is 10.9. The maximum absolute atomic E-state index is 4.93. The zero-order valence-electron chi connectivity index (χ0n) is 14.7. The number of fused-ring (bicyclic) bond motifs is 1. The fourth-order valence-electron chi connectivity index (χ4n) is 2.57. The van der Waals surface area contributed by atoms with E-state index >= 15 is 0 Å². The van der Waals surface area contributed by atoms with Crippen LogP contribution in [0.5, 0.6) is 0 Å². The number of benzene rings is 1. The van der Waals surface area contributed by atoms with Gasteiger partial charge in [-0.15, -0.1) is 35.9 Å². The first-order valence-electron chi connectivity index (χ1n) is 7.68. The number of hydrogen-bond donors (Lipinski definition) is 0. The fraction of sp³-hybridized carbons (Fsp3) is 0.350. The van der Waals surface area contributed by atoms with Gasteiger partial charge in [0.25, 0.3) is 0 Å². The Kier molecular flexibility index (Phi) is 8.98. The molecule has 0 heterocycles. The van der Waals surface area contributed by atoms with E-state index in [2.05, 4.69) is 78.0 Å². The third kappa shape index (κ3) is 5.97. The molecule has 0 fully saturated rings. The third-order valence-electron chi connectivity index (χ3n) is 4.49. The van der Waals surface area contributed by atoms with Gasteiger partial charge in [0, 0.05) is 0 Å². The third-order valence-corrected chi connectivity index (χ3v) is 4.49. The van der Waals surface area contributed by atoms with Gasteiger partial charge >= 0.3 is 37.9 Å². The van der Waals surface area contributed by atoms with Gasteiger partial charge in [0.1, 0.15) is 0 Å². The van der Waals surface area contributed by atoms with Crippen LogP contribution in [0.4, 0.5) is 0 Å². The van der Waals surface area contributed by atoms with E-state index in [-0.39, 0.29) is 0 Å². The number of aryl methyl sites for hydroxylation is 2. The molecule has 0 saturated heterocycles. The van der Waals surface area contributed by atoms with Crippen molar-refractivity contribution in [2.45, 2.75) is 41.5 Å². The normalized spacial score (nSPS) is 16.2. The van der Waals surface area contributed by atoms with E-state index in [9.17, 15) is 0 Å². The number of hydrogen-bond acceptors (Lipinski definition) is 0. The number of halogens is 2. The van der Waals surface area contributed by atoms with Crippen molar-refractivity contribution in [2.75, 3.05) is 0 Å². The molecule has 3 heteroatoms. The van der Waals surface area contributed by atoms with E-state index in [4.69, 9.17) is 17.0 Å². The molecule has 3 rings (SSSR count). The summed E-state index contributed by atoms with van der Waals surface area (Å²) in [5.74, 6) is 0.560. The second-order valence-corrected chi connectivity index (χ2v) is 9.69. The molecule has 0 spiro atoms. The summed E-state index contributed by atoms with van der Waals surface area (Å²) in [5.41, 5.74) is 7.00. The van der Waals surface area contributed by atoms with Gasteiger partial charge in [-0.05, 0) is 13.8 Å². The predicted molar refractivity (Wildman–Crippen MR) is 101 cm³/mol. The molecule has 0 aliphatic heterocycles. The summed E-state index contributed by atoms with van der Waals surface area (Å²) >= 11 is -0.826. The van der Waals surface area contributed by atoms with E-state index in [1.807, 2.05) is 0 Å². The summed E-state index contributed by atoms with van der Waals surface area (Å²) < 4.78 is 0. The van der Waals surface area contributed by atoms with Crippen LogP contribution in [0.2, 0.25) is 0 Å². The second-order valence-electron chi connectivity index (χ2n) is 5.96. The molecule has 0 amide bonds. The zero-order valence-corrected chi connectivity index (χ0v) is 18.7. The van der Waals surface area contributed by atoms with Crippen LogP contribution in [0.3, 0.4) is 0 Å². The molecule has 2 aromatic rings. The van der Waals surface area contributed by atoms with Gasteiger partial charge in [0.05, 0.1) is 0 Å². The second kappa shape index (κ2) is 9.92. The molecule has 1 atom stereocenters. The number of rotatable bonds is 0. The van der Waals surface area contributed by atoms with Crippen molar-refractivity contribution in [1.29, 1.82) is 0 Å². The Labute approximate surface area is 159 Å². The van der Waals surface area contributed by atoms with Crippen molar-refractivity contribution in [2.24, 2.45) is 5.92 Å². The summed E-state index contributed by atoms with van der Waals surface area (Å²) in [5, 5.41) is 2.71. The fourth-order valence-corrected chi connectivity index (χ4v) is 2.57. The average Bonchev–Trinajstić information content (AvgIpc) is 3.02. The van der Waals surface area contributed by atoms with Crippen LogP contribution in [0, 0.1) is 25.8 Å². The molecule has 0 saturated carbocycles. The number of allylic oxidation sites excluding steroid dienone is 4. The first kappa shape index (κ1) is 20.8. The van der Waals surface area contributed by atoms with Crippen LogP contribution in [-0.4, -0.2) is 0 Å². The van der Waals surface area contributed by atoms with Crippen LogP contribution in [0.1, 0.15) is 38.8 Å². The molecule has 0 radical (unpaired) electrons. The van der Waals surface area contributed by atoms with Gasteiger partial charge in [-0.2, -0.15) is 23.3 Å². The van der Waals surface area contributed by atoms with Gasteiger partial charge in [0.2, 0.25) is 0 Å². The first-order valence-corrected chi connectivity index (χ1v) is 14.0. The van der Waals surface area contributed by atoms with E-state index in [0.29, 0.717) is 5.92 Å². The van der Waals surface area contributed by atoms with Crippen molar-refractivity contribution < 1.29 is 20.8 Å². The molecule has 0 nitrogen and oxygen atoms in total. The summed E-state index contributed by atoms with van der Waals surface area (Å²) in [6.07, 6.45) is 3.36.